The highest BCUT2D eigenvalue weighted by Gasteiger charge is 2.52. The average Bonchev–Trinajstić information content (AvgIpc) is 2.73. The second-order valence-corrected chi connectivity index (χ2v) is 8.80. The number of amides is 2. The Labute approximate surface area is 187 Å². The summed E-state index contributed by atoms with van der Waals surface area (Å²) >= 11 is 0. The monoisotopic (exact) mass is 449 g/mol. The Morgan fingerprint density at radius 2 is 1.97 bits per heavy atom. The fraction of sp³-hybridized carbons (Fsp3) is 0.522. The maximum absolute atomic E-state index is 13.6. The van der Waals surface area contributed by atoms with Gasteiger partial charge in [0.1, 0.15) is 6.54 Å². The molecule has 7 nitrogen and oxygen atoms in total. The van der Waals surface area contributed by atoms with Gasteiger partial charge in [0, 0.05) is 44.0 Å². The number of hydrogen-bond donors (Lipinski definition) is 1. The molecule has 2 aliphatic rings. The summed E-state index contributed by atoms with van der Waals surface area (Å²) in [4.78, 5) is 37.6. The summed E-state index contributed by atoms with van der Waals surface area (Å²) in [5.41, 5.74) is 1.96. The Morgan fingerprint density at radius 1 is 1.31 bits per heavy atom. The topological polar surface area (TPSA) is 71.0 Å². The van der Waals surface area contributed by atoms with E-state index in [2.05, 4.69) is 10.3 Å². The Bertz CT molecular complexity index is 951. The fourth-order valence-corrected chi connectivity index (χ4v) is 4.06. The van der Waals surface area contributed by atoms with Crippen molar-refractivity contribution in [2.45, 2.75) is 46.6 Å². The number of hydrogen-bond acceptors (Lipinski definition) is 4. The summed E-state index contributed by atoms with van der Waals surface area (Å²) in [7, 11) is 1.47. The number of alkyl halides is 2. The van der Waals surface area contributed by atoms with Crippen molar-refractivity contribution < 1.29 is 27.9 Å². The first kappa shape index (κ1) is 24.0. The van der Waals surface area contributed by atoms with Gasteiger partial charge in [-0.05, 0) is 5.56 Å². The Hall–Kier alpha value is -2.65. The quantitative estimate of drug-likeness (QED) is 0.677. The molecule has 3 rings (SSSR count). The van der Waals surface area contributed by atoms with Crippen molar-refractivity contribution in [2.24, 2.45) is 10.9 Å². The molecule has 0 spiro atoms. The van der Waals surface area contributed by atoms with Crippen LogP contribution in [0.3, 0.4) is 0 Å². The number of benzene rings is 1. The van der Waals surface area contributed by atoms with E-state index >= 15 is 0 Å². The molecule has 1 aromatic carbocycles. The van der Waals surface area contributed by atoms with Crippen molar-refractivity contribution in [3.8, 4) is 0 Å². The van der Waals surface area contributed by atoms with Crippen LogP contribution in [0.15, 0.2) is 40.5 Å². The Kier molecular flexibility index (Phi) is 6.80. The number of nitrogens with zero attached hydrogens (tertiary/aromatic N) is 3. The number of rotatable bonds is 6. The van der Waals surface area contributed by atoms with Crippen LogP contribution in [0.1, 0.15) is 45.2 Å². The predicted molar refractivity (Wildman–Crippen MR) is 116 cm³/mol. The molecule has 1 atom stereocenters. The van der Waals surface area contributed by atoms with Crippen molar-refractivity contribution in [3.05, 3.63) is 46.7 Å². The third-order valence-electron chi connectivity index (χ3n) is 5.79. The van der Waals surface area contributed by atoms with Crippen molar-refractivity contribution in [1.29, 1.82) is 0 Å². The summed E-state index contributed by atoms with van der Waals surface area (Å²) in [5.74, 6) is -2.73. The van der Waals surface area contributed by atoms with Crippen molar-refractivity contribution in [1.82, 2.24) is 10.2 Å². The molecule has 1 N–H and O–H groups in total. The molecule has 1 aromatic rings. The third-order valence-corrected chi connectivity index (χ3v) is 5.79. The number of hydroxylamine groups is 3. The van der Waals surface area contributed by atoms with Gasteiger partial charge >= 0.3 is 11.9 Å². The fourth-order valence-electron chi connectivity index (χ4n) is 4.06. The summed E-state index contributed by atoms with van der Waals surface area (Å²) in [6, 6.07) is 6.00. The van der Waals surface area contributed by atoms with E-state index in [9.17, 15) is 18.4 Å². The summed E-state index contributed by atoms with van der Waals surface area (Å²) < 4.78 is 26.5. The molecule has 2 aliphatic heterocycles. The highest BCUT2D eigenvalue weighted by Crippen LogP contribution is 2.30. The van der Waals surface area contributed by atoms with Crippen molar-refractivity contribution in [3.63, 3.8) is 0 Å². The number of carbonyl (C=O) groups excluding carboxylic acids is 2. The normalized spacial score (nSPS) is 22.9. The summed E-state index contributed by atoms with van der Waals surface area (Å²) in [5, 5.41) is 3.30. The number of aliphatic imine (C=N–C) groups is 1. The van der Waals surface area contributed by atoms with Crippen LogP contribution in [0.2, 0.25) is 0 Å². The van der Waals surface area contributed by atoms with Crippen LogP contribution in [0.25, 0.3) is 0 Å². The van der Waals surface area contributed by atoms with Crippen LogP contribution in [-0.2, 0) is 26.9 Å². The van der Waals surface area contributed by atoms with Crippen LogP contribution in [0.4, 0.5) is 8.78 Å². The van der Waals surface area contributed by atoms with Gasteiger partial charge in [-0.15, -0.1) is 0 Å². The SMILES string of the molecule is CO[N+]1(CC(C)C)C(=O)C2=C(CCN(C(C)=O)C2)NC1=NCc1ccc(C(C)(F)F)cc1. The molecule has 0 saturated carbocycles. The second kappa shape index (κ2) is 9.07. The Morgan fingerprint density at radius 3 is 2.50 bits per heavy atom. The number of carbonyl (C=O) groups is 2. The molecule has 32 heavy (non-hydrogen) atoms. The van der Waals surface area contributed by atoms with E-state index in [-0.39, 0.29) is 36.4 Å². The average molecular weight is 450 g/mol. The zero-order chi connectivity index (χ0) is 23.7. The van der Waals surface area contributed by atoms with Gasteiger partial charge in [-0.1, -0.05) is 42.8 Å². The van der Waals surface area contributed by atoms with Crippen LogP contribution < -0.4 is 5.32 Å². The zero-order valence-electron chi connectivity index (χ0n) is 19.2. The molecule has 0 radical (unpaired) electrons. The number of nitrogens with one attached hydrogen (secondary N) is 1. The molecule has 174 valence electrons. The molecule has 0 aromatic heterocycles. The van der Waals surface area contributed by atoms with Gasteiger partial charge in [0.2, 0.25) is 5.91 Å². The lowest BCUT2D eigenvalue weighted by molar-refractivity contribution is -0.970. The van der Waals surface area contributed by atoms with Gasteiger partial charge in [0.05, 0.1) is 25.8 Å². The predicted octanol–water partition coefficient (Wildman–Crippen LogP) is 3.32. The van der Waals surface area contributed by atoms with E-state index in [1.165, 1.54) is 26.2 Å². The maximum atomic E-state index is 13.6. The first-order valence-corrected chi connectivity index (χ1v) is 10.7. The second-order valence-electron chi connectivity index (χ2n) is 8.80. The molecule has 0 bridgehead atoms. The molecule has 0 saturated heterocycles. The molecule has 1 unspecified atom stereocenters. The minimum Gasteiger partial charge on any atom is -0.338 e. The van der Waals surface area contributed by atoms with Crippen LogP contribution in [0, 0.1) is 5.92 Å². The van der Waals surface area contributed by atoms with Gasteiger partial charge in [-0.2, -0.15) is 4.84 Å². The van der Waals surface area contributed by atoms with Crippen LogP contribution >= 0.6 is 0 Å². The van der Waals surface area contributed by atoms with Gasteiger partial charge in [0.15, 0.2) is 0 Å². The number of guanidine groups is 1. The highest BCUT2D eigenvalue weighted by molar-refractivity contribution is 6.01. The summed E-state index contributed by atoms with van der Waals surface area (Å²) in [6.07, 6.45) is 0.519. The molecule has 0 fully saturated rings. The van der Waals surface area contributed by atoms with Crippen LogP contribution in [-0.4, -0.2) is 54.1 Å². The van der Waals surface area contributed by atoms with Crippen molar-refractivity contribution >= 4 is 17.8 Å². The molecule has 2 heterocycles. The van der Waals surface area contributed by atoms with E-state index in [1.54, 1.807) is 17.0 Å². The number of halogens is 2. The van der Waals surface area contributed by atoms with Crippen molar-refractivity contribution in [2.75, 3.05) is 26.7 Å². The molecule has 0 aliphatic carbocycles. The molecule has 9 heteroatoms. The van der Waals surface area contributed by atoms with Gasteiger partial charge < -0.3 is 4.90 Å². The van der Waals surface area contributed by atoms with E-state index in [0.717, 1.165) is 18.2 Å². The smallest absolute Gasteiger partial charge is 0.338 e. The maximum Gasteiger partial charge on any atom is 0.385 e. The minimum atomic E-state index is -2.90. The van der Waals surface area contributed by atoms with Gasteiger partial charge in [0.25, 0.3) is 5.92 Å². The lowest BCUT2D eigenvalue weighted by atomic mass is 10.0. The lowest BCUT2D eigenvalue weighted by Crippen LogP contribution is -2.67. The van der Waals surface area contributed by atoms with E-state index in [4.69, 9.17) is 4.84 Å². The molecular formula is C23H31F2N4O3+. The first-order chi connectivity index (χ1) is 15.0. The molecular weight excluding hydrogens is 418 g/mol. The van der Waals surface area contributed by atoms with Crippen LogP contribution in [0.5, 0.6) is 0 Å². The Balaban J connectivity index is 1.95. The first-order valence-electron chi connectivity index (χ1n) is 10.7. The standard InChI is InChI=1S/C23H30F2N4O3/c1-15(2)14-29(32-5)21(31)19-13-28(16(3)30)11-10-20(19)27-22(29)26-12-17-6-8-18(9-7-17)23(4,24)25/h6-9,15H,10-14H2,1-5H3/p+1. The number of quaternary nitrogens is 1. The van der Waals surface area contributed by atoms with E-state index in [0.29, 0.717) is 31.0 Å². The summed E-state index contributed by atoms with van der Waals surface area (Å²) in [6.45, 7) is 7.64. The lowest BCUT2D eigenvalue weighted by Gasteiger charge is -2.40. The van der Waals surface area contributed by atoms with E-state index in [1.807, 2.05) is 13.8 Å². The largest absolute Gasteiger partial charge is 0.385 e. The zero-order valence-corrected chi connectivity index (χ0v) is 19.2. The van der Waals surface area contributed by atoms with Gasteiger partial charge in [-0.25, -0.2) is 18.6 Å². The molecule has 2 amide bonds. The van der Waals surface area contributed by atoms with Gasteiger partial charge in [-0.3, -0.25) is 10.1 Å². The minimum absolute atomic E-state index is 0.0614. The third kappa shape index (κ3) is 4.73. The highest BCUT2D eigenvalue weighted by atomic mass is 19.3. The van der Waals surface area contributed by atoms with E-state index < -0.39 is 10.6 Å².